The average Bonchev–Trinajstić information content (AvgIpc) is 1.80. The molecule has 0 aromatic carbocycles. The maximum absolute atomic E-state index is 10.3. The van der Waals surface area contributed by atoms with Crippen molar-refractivity contribution in [3.63, 3.8) is 0 Å². The van der Waals surface area contributed by atoms with Crippen LogP contribution in [0, 0.1) is 0 Å². The maximum atomic E-state index is 10.3. The maximum Gasteiger partial charge on any atom is 0.346 e. The van der Waals surface area contributed by atoms with Gasteiger partial charge in [0, 0.05) is 6.08 Å². The summed E-state index contributed by atoms with van der Waals surface area (Å²) in [4.78, 5) is 20.4. The zero-order valence-corrected chi connectivity index (χ0v) is 4.40. The molecule has 4 nitrogen and oxygen atoms in total. The van der Waals surface area contributed by atoms with Gasteiger partial charge in [-0.3, -0.25) is 0 Å². The summed E-state index contributed by atoms with van der Waals surface area (Å²) in [6.07, 6.45) is 0.808. The molecule has 0 saturated heterocycles. The predicted molar refractivity (Wildman–Crippen MR) is 26.2 cm³/mol. The lowest BCUT2D eigenvalue weighted by atomic mass is 10.3. The number of carbonyl (C=O) groups is 2. The Balaban J connectivity index is 2.76. The molecule has 48 valence electrons. The molecule has 1 atom stereocenters. The first-order valence-electron chi connectivity index (χ1n) is 2.32. The molecule has 1 aliphatic heterocycles. The largest absolute Gasteiger partial charge is 0.388 e. The first-order valence-corrected chi connectivity index (χ1v) is 2.32. The lowest BCUT2D eigenvalue weighted by molar-refractivity contribution is -0.162. The molecule has 9 heavy (non-hydrogen) atoms. The smallest absolute Gasteiger partial charge is 0.346 e. The number of esters is 2. The fraction of sp³-hybridized carbons (Fsp3) is 0.200. The summed E-state index contributed by atoms with van der Waals surface area (Å²) in [5, 5.41) is 8.58. The van der Waals surface area contributed by atoms with Gasteiger partial charge in [-0.05, 0) is 6.08 Å². The molecule has 0 spiro atoms. The number of aliphatic hydroxyl groups is 1. The van der Waals surface area contributed by atoms with Gasteiger partial charge < -0.3 is 9.84 Å². The van der Waals surface area contributed by atoms with E-state index < -0.39 is 18.0 Å². The van der Waals surface area contributed by atoms with Gasteiger partial charge in [0.1, 0.15) is 0 Å². The summed E-state index contributed by atoms with van der Waals surface area (Å²) in [5.74, 6) is -1.65. The second kappa shape index (κ2) is 1.99. The highest BCUT2D eigenvalue weighted by Gasteiger charge is 2.20. The van der Waals surface area contributed by atoms with Gasteiger partial charge in [-0.15, -0.1) is 0 Å². The van der Waals surface area contributed by atoms with Crippen molar-refractivity contribution in [3.05, 3.63) is 12.2 Å². The Kier molecular flexibility index (Phi) is 1.32. The third-order valence-electron chi connectivity index (χ3n) is 0.857. The molecule has 0 aromatic heterocycles. The van der Waals surface area contributed by atoms with Gasteiger partial charge in [0.25, 0.3) is 0 Å². The zero-order valence-electron chi connectivity index (χ0n) is 4.40. The second-order valence-corrected chi connectivity index (χ2v) is 1.54. The molecule has 0 aromatic rings. The molecule has 0 bridgehead atoms. The van der Waals surface area contributed by atoms with E-state index in [1.54, 1.807) is 0 Å². The number of aliphatic hydroxyl groups excluding tert-OH is 1. The molecule has 1 rings (SSSR count). The quantitative estimate of drug-likeness (QED) is 0.335. The van der Waals surface area contributed by atoms with Crippen molar-refractivity contribution < 1.29 is 19.4 Å². The van der Waals surface area contributed by atoms with Gasteiger partial charge in [0.2, 0.25) is 0 Å². The number of carbonyl (C=O) groups excluding carboxylic acids is 2. The lowest BCUT2D eigenvalue weighted by Crippen LogP contribution is -2.27. The summed E-state index contributed by atoms with van der Waals surface area (Å²) in [6.45, 7) is 0. The van der Waals surface area contributed by atoms with Gasteiger partial charge in [0.05, 0.1) is 0 Å². The van der Waals surface area contributed by atoms with E-state index >= 15 is 0 Å². The molecule has 0 amide bonds. The Morgan fingerprint density at radius 2 is 2.22 bits per heavy atom. The van der Waals surface area contributed by atoms with Crippen LogP contribution >= 0.6 is 0 Å². The van der Waals surface area contributed by atoms with E-state index in [0.717, 1.165) is 12.2 Å². The summed E-state index contributed by atoms with van der Waals surface area (Å²) in [6, 6.07) is 0. The number of ether oxygens (including phenoxy) is 1. The molecule has 1 aliphatic rings. The molecular weight excluding hydrogens is 124 g/mol. The third kappa shape index (κ3) is 1.14. The van der Waals surface area contributed by atoms with Gasteiger partial charge >= 0.3 is 11.9 Å². The SMILES string of the molecule is O=C1C=CC(O)C(=O)O1. The second-order valence-electron chi connectivity index (χ2n) is 1.54. The van der Waals surface area contributed by atoms with Crippen molar-refractivity contribution in [2.75, 3.05) is 0 Å². The van der Waals surface area contributed by atoms with Crippen molar-refractivity contribution in [1.82, 2.24) is 0 Å². The Morgan fingerprint density at radius 1 is 1.56 bits per heavy atom. The van der Waals surface area contributed by atoms with Crippen LogP contribution in [0.5, 0.6) is 0 Å². The monoisotopic (exact) mass is 128 g/mol. The fourth-order valence-corrected chi connectivity index (χ4v) is 0.442. The van der Waals surface area contributed by atoms with E-state index in [1.165, 1.54) is 0 Å². The fourth-order valence-electron chi connectivity index (χ4n) is 0.442. The Labute approximate surface area is 50.7 Å². The minimum absolute atomic E-state index is 0.731. The first kappa shape index (κ1) is 5.97. The van der Waals surface area contributed by atoms with E-state index in [0.29, 0.717) is 0 Å². The standard InChI is InChI=1S/C5H4O4/c6-3-1-2-4(7)9-5(3)8/h1-3,6H. The highest BCUT2D eigenvalue weighted by Crippen LogP contribution is 1.98. The van der Waals surface area contributed by atoms with E-state index in [-0.39, 0.29) is 0 Å². The van der Waals surface area contributed by atoms with Crippen LogP contribution in [0.25, 0.3) is 0 Å². The molecule has 0 fully saturated rings. The van der Waals surface area contributed by atoms with Crippen LogP contribution in [0.3, 0.4) is 0 Å². The first-order chi connectivity index (χ1) is 4.20. The van der Waals surface area contributed by atoms with Crippen LogP contribution in [0.4, 0.5) is 0 Å². The number of hydrogen-bond acceptors (Lipinski definition) is 4. The Bertz CT molecular complexity index is 181. The molecule has 0 saturated carbocycles. The highest BCUT2D eigenvalue weighted by molar-refractivity contribution is 5.97. The van der Waals surface area contributed by atoms with Crippen molar-refractivity contribution in [3.8, 4) is 0 Å². The topological polar surface area (TPSA) is 63.6 Å². The number of hydrogen-bond donors (Lipinski definition) is 1. The normalized spacial score (nSPS) is 26.1. The van der Waals surface area contributed by atoms with Gasteiger partial charge in [-0.25, -0.2) is 9.59 Å². The van der Waals surface area contributed by atoms with Crippen LogP contribution in [0.1, 0.15) is 0 Å². The molecule has 1 N–H and O–H groups in total. The molecular formula is C5H4O4. The van der Waals surface area contributed by atoms with E-state index in [1.807, 2.05) is 0 Å². The van der Waals surface area contributed by atoms with Gasteiger partial charge in [-0.2, -0.15) is 0 Å². The van der Waals surface area contributed by atoms with Crippen molar-refractivity contribution in [2.24, 2.45) is 0 Å². The molecule has 0 aliphatic carbocycles. The molecule has 4 heteroatoms. The minimum atomic E-state index is -1.28. The summed E-state index contributed by atoms with van der Waals surface area (Å²) in [7, 11) is 0. The van der Waals surface area contributed by atoms with Crippen molar-refractivity contribution >= 4 is 11.9 Å². The van der Waals surface area contributed by atoms with Gasteiger partial charge in [0.15, 0.2) is 6.10 Å². The lowest BCUT2D eigenvalue weighted by Gasteiger charge is -2.06. The predicted octanol–water partition coefficient (Wildman–Crippen LogP) is -1.01. The Morgan fingerprint density at radius 3 is 2.67 bits per heavy atom. The highest BCUT2D eigenvalue weighted by atomic mass is 16.6. The van der Waals surface area contributed by atoms with Crippen LogP contribution < -0.4 is 0 Å². The summed E-state index contributed by atoms with van der Waals surface area (Å²) in [5.41, 5.74) is 0. The van der Waals surface area contributed by atoms with Crippen molar-refractivity contribution in [2.45, 2.75) is 6.10 Å². The Hall–Kier alpha value is -1.16. The molecule has 0 radical (unpaired) electrons. The molecule has 1 unspecified atom stereocenters. The van der Waals surface area contributed by atoms with E-state index in [4.69, 9.17) is 5.11 Å². The number of cyclic esters (lactones) is 2. The van der Waals surface area contributed by atoms with Crippen LogP contribution in [0.15, 0.2) is 12.2 Å². The van der Waals surface area contributed by atoms with Crippen LogP contribution in [-0.4, -0.2) is 23.1 Å². The number of rotatable bonds is 0. The zero-order chi connectivity index (χ0) is 6.85. The van der Waals surface area contributed by atoms with Crippen LogP contribution in [0.2, 0.25) is 0 Å². The van der Waals surface area contributed by atoms with Crippen molar-refractivity contribution in [1.29, 1.82) is 0 Å². The summed E-state index contributed by atoms with van der Waals surface area (Å²) >= 11 is 0. The van der Waals surface area contributed by atoms with E-state index in [2.05, 4.69) is 4.74 Å². The summed E-state index contributed by atoms with van der Waals surface area (Å²) < 4.78 is 3.98. The average molecular weight is 128 g/mol. The van der Waals surface area contributed by atoms with Crippen LogP contribution in [-0.2, 0) is 14.3 Å². The van der Waals surface area contributed by atoms with Gasteiger partial charge in [-0.1, -0.05) is 0 Å². The van der Waals surface area contributed by atoms with E-state index in [9.17, 15) is 9.59 Å². The molecule has 1 heterocycles. The third-order valence-corrected chi connectivity index (χ3v) is 0.857. The minimum Gasteiger partial charge on any atom is -0.388 e.